The summed E-state index contributed by atoms with van der Waals surface area (Å²) in [5, 5.41) is 5.25. The van der Waals surface area contributed by atoms with Crippen LogP contribution in [-0.2, 0) is 0 Å². The van der Waals surface area contributed by atoms with Crippen LogP contribution in [0.3, 0.4) is 0 Å². The van der Waals surface area contributed by atoms with Gasteiger partial charge in [0.1, 0.15) is 5.75 Å². The zero-order chi connectivity index (χ0) is 26.1. The van der Waals surface area contributed by atoms with E-state index in [1.54, 1.807) is 60.7 Å². The van der Waals surface area contributed by atoms with E-state index >= 15 is 0 Å². The first kappa shape index (κ1) is 26.4. The van der Waals surface area contributed by atoms with Crippen molar-refractivity contribution in [2.24, 2.45) is 5.92 Å². The fourth-order valence-electron chi connectivity index (χ4n) is 3.11. The highest BCUT2D eigenvalue weighted by Crippen LogP contribution is 2.15. The molecule has 3 aromatic rings. The fraction of sp³-hybridized carbons (Fsp3) is 0.185. The van der Waals surface area contributed by atoms with Gasteiger partial charge in [0, 0.05) is 22.4 Å². The Labute approximate surface area is 215 Å². The number of rotatable bonds is 7. The van der Waals surface area contributed by atoms with Gasteiger partial charge in [0.2, 0.25) is 0 Å². The Bertz CT molecular complexity index is 1260. The number of nitrogens with one attached hydrogen (secondary N) is 4. The van der Waals surface area contributed by atoms with Crippen LogP contribution in [0.2, 0.25) is 0 Å². The van der Waals surface area contributed by atoms with Crippen molar-refractivity contribution in [1.82, 2.24) is 16.2 Å². The molecule has 0 aliphatic rings. The van der Waals surface area contributed by atoms with Crippen molar-refractivity contribution in [2.75, 3.05) is 11.9 Å². The van der Waals surface area contributed by atoms with E-state index in [4.69, 9.17) is 17.0 Å². The van der Waals surface area contributed by atoms with Gasteiger partial charge in [0.25, 0.3) is 17.7 Å². The standard InChI is InChI=1S/C27H28N4O4S/c1-17(2)16-35-22-9-6-8-20(15-22)24(32)29-27(36)31-30-25(33)19-11-13-21(14-12-19)28-26(34)23-10-5-4-7-18(23)3/h4-15,17H,16H2,1-3H3,(H,28,34)(H,30,33)(H2,29,31,32,36). The van der Waals surface area contributed by atoms with E-state index in [2.05, 4.69) is 21.5 Å². The summed E-state index contributed by atoms with van der Waals surface area (Å²) in [7, 11) is 0. The number of ether oxygens (including phenoxy) is 1. The van der Waals surface area contributed by atoms with Gasteiger partial charge >= 0.3 is 0 Å². The molecular weight excluding hydrogens is 476 g/mol. The molecule has 0 atom stereocenters. The van der Waals surface area contributed by atoms with Crippen LogP contribution in [0.4, 0.5) is 5.69 Å². The summed E-state index contributed by atoms with van der Waals surface area (Å²) < 4.78 is 5.64. The van der Waals surface area contributed by atoms with Crippen molar-refractivity contribution in [3.63, 3.8) is 0 Å². The van der Waals surface area contributed by atoms with Gasteiger partial charge in [-0.1, -0.05) is 38.1 Å². The molecule has 0 bridgehead atoms. The molecule has 0 heterocycles. The molecule has 3 aromatic carbocycles. The Morgan fingerprint density at radius 3 is 2.25 bits per heavy atom. The number of anilines is 1. The molecule has 0 fully saturated rings. The predicted octanol–water partition coefficient (Wildman–Crippen LogP) is 4.23. The van der Waals surface area contributed by atoms with Crippen LogP contribution in [0.5, 0.6) is 5.75 Å². The van der Waals surface area contributed by atoms with Crippen molar-refractivity contribution >= 4 is 40.7 Å². The normalized spacial score (nSPS) is 10.3. The molecule has 0 saturated carbocycles. The molecule has 0 spiro atoms. The average Bonchev–Trinajstić information content (AvgIpc) is 2.87. The molecule has 3 rings (SSSR count). The highest BCUT2D eigenvalue weighted by molar-refractivity contribution is 7.80. The average molecular weight is 505 g/mol. The molecule has 36 heavy (non-hydrogen) atoms. The number of aryl methyl sites for hydroxylation is 1. The lowest BCUT2D eigenvalue weighted by atomic mass is 10.1. The summed E-state index contributed by atoms with van der Waals surface area (Å²) in [6.07, 6.45) is 0. The second-order valence-corrected chi connectivity index (χ2v) is 8.85. The minimum absolute atomic E-state index is 0.0658. The number of hydrogen-bond donors (Lipinski definition) is 4. The number of amides is 3. The minimum atomic E-state index is -0.465. The van der Waals surface area contributed by atoms with Crippen molar-refractivity contribution in [3.05, 3.63) is 95.1 Å². The molecule has 8 nitrogen and oxygen atoms in total. The van der Waals surface area contributed by atoms with E-state index in [1.165, 1.54) is 0 Å². The van der Waals surface area contributed by atoms with E-state index < -0.39 is 11.8 Å². The van der Waals surface area contributed by atoms with E-state index in [9.17, 15) is 14.4 Å². The van der Waals surface area contributed by atoms with E-state index in [-0.39, 0.29) is 11.0 Å². The Hall–Kier alpha value is -4.24. The Balaban J connectivity index is 1.49. The Morgan fingerprint density at radius 1 is 0.833 bits per heavy atom. The number of thiocarbonyl (C=S) groups is 1. The van der Waals surface area contributed by atoms with Gasteiger partial charge in [-0.05, 0) is 79.2 Å². The summed E-state index contributed by atoms with van der Waals surface area (Å²) in [5.41, 5.74) is 7.65. The van der Waals surface area contributed by atoms with Crippen LogP contribution in [0.15, 0.2) is 72.8 Å². The van der Waals surface area contributed by atoms with Gasteiger partial charge in [-0.3, -0.25) is 30.6 Å². The predicted molar refractivity (Wildman–Crippen MR) is 143 cm³/mol. The van der Waals surface area contributed by atoms with E-state index in [0.29, 0.717) is 40.7 Å². The number of hydrogen-bond acceptors (Lipinski definition) is 5. The SMILES string of the molecule is Cc1ccccc1C(=O)Nc1ccc(C(=O)NNC(=S)NC(=O)c2cccc(OCC(C)C)c2)cc1. The third-order valence-corrected chi connectivity index (χ3v) is 5.19. The Kier molecular flexibility index (Phi) is 9.13. The lowest BCUT2D eigenvalue weighted by Gasteiger charge is -2.12. The third kappa shape index (κ3) is 7.64. The number of benzene rings is 3. The second kappa shape index (κ2) is 12.5. The minimum Gasteiger partial charge on any atom is -0.493 e. The van der Waals surface area contributed by atoms with Crippen molar-refractivity contribution in [3.8, 4) is 5.75 Å². The van der Waals surface area contributed by atoms with Gasteiger partial charge in [0.15, 0.2) is 5.11 Å². The maximum Gasteiger partial charge on any atom is 0.269 e. The highest BCUT2D eigenvalue weighted by atomic mass is 32.1. The van der Waals surface area contributed by atoms with Crippen LogP contribution in [0, 0.1) is 12.8 Å². The van der Waals surface area contributed by atoms with Crippen LogP contribution < -0.4 is 26.2 Å². The summed E-state index contributed by atoms with van der Waals surface area (Å²) >= 11 is 5.11. The third-order valence-electron chi connectivity index (χ3n) is 4.99. The fourth-order valence-corrected chi connectivity index (χ4v) is 3.26. The van der Waals surface area contributed by atoms with Gasteiger partial charge < -0.3 is 10.1 Å². The summed E-state index contributed by atoms with van der Waals surface area (Å²) in [6, 6.07) is 20.4. The van der Waals surface area contributed by atoms with E-state index in [1.807, 2.05) is 32.9 Å². The van der Waals surface area contributed by atoms with Crippen LogP contribution in [0.1, 0.15) is 50.5 Å². The zero-order valence-electron chi connectivity index (χ0n) is 20.3. The first-order chi connectivity index (χ1) is 17.2. The molecule has 4 N–H and O–H groups in total. The monoisotopic (exact) mass is 504 g/mol. The topological polar surface area (TPSA) is 109 Å². The quantitative estimate of drug-likeness (QED) is 0.283. The Morgan fingerprint density at radius 2 is 1.56 bits per heavy atom. The molecule has 0 aliphatic carbocycles. The lowest BCUT2D eigenvalue weighted by molar-refractivity contribution is 0.0934. The maximum atomic E-state index is 12.5. The van der Waals surface area contributed by atoms with Crippen LogP contribution in [-0.4, -0.2) is 29.4 Å². The molecular formula is C27H28N4O4S. The summed E-state index contributed by atoms with van der Waals surface area (Å²) in [5.74, 6) is -0.193. The number of carbonyl (C=O) groups is 3. The smallest absolute Gasteiger partial charge is 0.269 e. The molecule has 0 radical (unpaired) electrons. The first-order valence-corrected chi connectivity index (χ1v) is 11.8. The molecule has 0 aliphatic heterocycles. The van der Waals surface area contributed by atoms with Crippen molar-refractivity contribution in [1.29, 1.82) is 0 Å². The summed E-state index contributed by atoms with van der Waals surface area (Å²) in [6.45, 7) is 6.47. The van der Waals surface area contributed by atoms with Gasteiger partial charge in [0.05, 0.1) is 6.61 Å². The number of hydrazine groups is 1. The van der Waals surface area contributed by atoms with Gasteiger partial charge in [-0.2, -0.15) is 0 Å². The van der Waals surface area contributed by atoms with Gasteiger partial charge in [-0.15, -0.1) is 0 Å². The van der Waals surface area contributed by atoms with Crippen molar-refractivity contribution < 1.29 is 19.1 Å². The molecule has 3 amide bonds. The largest absolute Gasteiger partial charge is 0.493 e. The molecule has 0 aromatic heterocycles. The van der Waals surface area contributed by atoms with Crippen LogP contribution >= 0.6 is 12.2 Å². The lowest BCUT2D eigenvalue weighted by Crippen LogP contribution is -2.48. The maximum absolute atomic E-state index is 12.5. The van der Waals surface area contributed by atoms with Gasteiger partial charge in [-0.25, -0.2) is 0 Å². The molecule has 186 valence electrons. The molecule has 0 saturated heterocycles. The molecule has 0 unspecified atom stereocenters. The van der Waals surface area contributed by atoms with Crippen LogP contribution in [0.25, 0.3) is 0 Å². The van der Waals surface area contributed by atoms with Crippen molar-refractivity contribution in [2.45, 2.75) is 20.8 Å². The summed E-state index contributed by atoms with van der Waals surface area (Å²) in [4.78, 5) is 37.3. The second-order valence-electron chi connectivity index (χ2n) is 8.44. The first-order valence-electron chi connectivity index (χ1n) is 11.3. The molecule has 9 heteroatoms. The highest BCUT2D eigenvalue weighted by Gasteiger charge is 2.12. The zero-order valence-corrected chi connectivity index (χ0v) is 21.1. The van der Waals surface area contributed by atoms with E-state index in [0.717, 1.165) is 5.56 Å². The number of carbonyl (C=O) groups excluding carboxylic acids is 3.